The number of rotatable bonds is 3. The van der Waals surface area contributed by atoms with Gasteiger partial charge in [0.15, 0.2) is 0 Å². The number of aryl methyl sites for hydroxylation is 2. The summed E-state index contributed by atoms with van der Waals surface area (Å²) in [6, 6.07) is 8.40. The standard InChI is InChI=1S/C13H16BrN3/c1-9-4-5-10(14)6-12(9)13-7-11(8-15-2)17(3)16-13/h4-7,15H,8H2,1-3H3. The van der Waals surface area contributed by atoms with Crippen molar-refractivity contribution in [1.29, 1.82) is 0 Å². The summed E-state index contributed by atoms with van der Waals surface area (Å²) in [6.07, 6.45) is 0. The topological polar surface area (TPSA) is 29.9 Å². The van der Waals surface area contributed by atoms with Gasteiger partial charge in [-0.15, -0.1) is 0 Å². The monoisotopic (exact) mass is 293 g/mol. The summed E-state index contributed by atoms with van der Waals surface area (Å²) >= 11 is 3.50. The predicted octanol–water partition coefficient (Wildman–Crippen LogP) is 2.88. The highest BCUT2D eigenvalue weighted by Gasteiger charge is 2.09. The van der Waals surface area contributed by atoms with Gasteiger partial charge in [-0.25, -0.2) is 0 Å². The molecule has 3 nitrogen and oxygen atoms in total. The molecule has 1 N–H and O–H groups in total. The molecular formula is C13H16BrN3. The fraction of sp³-hybridized carbons (Fsp3) is 0.308. The molecule has 90 valence electrons. The maximum Gasteiger partial charge on any atom is 0.0929 e. The lowest BCUT2D eigenvalue weighted by molar-refractivity contribution is 0.673. The number of aromatic nitrogens is 2. The Kier molecular flexibility index (Phi) is 3.64. The zero-order chi connectivity index (χ0) is 12.4. The van der Waals surface area contributed by atoms with Crippen LogP contribution in [0.5, 0.6) is 0 Å². The molecule has 0 bridgehead atoms. The number of nitrogens with zero attached hydrogens (tertiary/aromatic N) is 2. The Morgan fingerprint density at radius 2 is 2.12 bits per heavy atom. The molecular weight excluding hydrogens is 278 g/mol. The second kappa shape index (κ2) is 5.02. The van der Waals surface area contributed by atoms with E-state index in [-0.39, 0.29) is 0 Å². The highest BCUT2D eigenvalue weighted by molar-refractivity contribution is 9.10. The minimum Gasteiger partial charge on any atom is -0.314 e. The Balaban J connectivity index is 2.45. The van der Waals surface area contributed by atoms with Crippen LogP contribution in [0.2, 0.25) is 0 Å². The summed E-state index contributed by atoms with van der Waals surface area (Å²) in [5.41, 5.74) is 4.62. The van der Waals surface area contributed by atoms with E-state index in [1.165, 1.54) is 16.8 Å². The van der Waals surface area contributed by atoms with Gasteiger partial charge in [0.1, 0.15) is 0 Å². The van der Waals surface area contributed by atoms with E-state index >= 15 is 0 Å². The Morgan fingerprint density at radius 3 is 2.82 bits per heavy atom. The van der Waals surface area contributed by atoms with Crippen LogP contribution >= 0.6 is 15.9 Å². The van der Waals surface area contributed by atoms with Crippen molar-refractivity contribution in [3.8, 4) is 11.3 Å². The second-order valence-electron chi connectivity index (χ2n) is 4.13. The lowest BCUT2D eigenvalue weighted by Crippen LogP contribution is -2.09. The molecule has 1 aromatic carbocycles. The van der Waals surface area contributed by atoms with E-state index in [1.54, 1.807) is 0 Å². The third-order valence-corrected chi connectivity index (χ3v) is 3.30. The first-order chi connectivity index (χ1) is 8.11. The normalized spacial score (nSPS) is 10.8. The van der Waals surface area contributed by atoms with Crippen molar-refractivity contribution in [1.82, 2.24) is 15.1 Å². The van der Waals surface area contributed by atoms with Gasteiger partial charge in [-0.1, -0.05) is 22.0 Å². The molecule has 1 aromatic heterocycles. The van der Waals surface area contributed by atoms with Crippen molar-refractivity contribution in [2.24, 2.45) is 7.05 Å². The van der Waals surface area contributed by atoms with Crippen molar-refractivity contribution >= 4 is 15.9 Å². The van der Waals surface area contributed by atoms with Gasteiger partial charge in [-0.2, -0.15) is 5.10 Å². The first-order valence-corrected chi connectivity index (χ1v) is 6.35. The van der Waals surface area contributed by atoms with Gasteiger partial charge in [-0.05, 0) is 37.7 Å². The van der Waals surface area contributed by atoms with Crippen molar-refractivity contribution in [2.45, 2.75) is 13.5 Å². The molecule has 17 heavy (non-hydrogen) atoms. The number of hydrogen-bond donors (Lipinski definition) is 1. The zero-order valence-corrected chi connectivity index (χ0v) is 11.9. The third-order valence-electron chi connectivity index (χ3n) is 2.81. The highest BCUT2D eigenvalue weighted by Crippen LogP contribution is 2.26. The van der Waals surface area contributed by atoms with Gasteiger partial charge >= 0.3 is 0 Å². The Hall–Kier alpha value is -1.13. The Morgan fingerprint density at radius 1 is 1.35 bits per heavy atom. The molecule has 0 aliphatic carbocycles. The van der Waals surface area contributed by atoms with E-state index in [4.69, 9.17) is 0 Å². The fourth-order valence-electron chi connectivity index (χ4n) is 1.85. The van der Waals surface area contributed by atoms with E-state index in [2.05, 4.69) is 57.5 Å². The largest absolute Gasteiger partial charge is 0.314 e. The smallest absolute Gasteiger partial charge is 0.0929 e. The van der Waals surface area contributed by atoms with Crippen LogP contribution in [0.25, 0.3) is 11.3 Å². The molecule has 1 heterocycles. The lowest BCUT2D eigenvalue weighted by atomic mass is 10.1. The SMILES string of the molecule is CNCc1cc(-c2cc(Br)ccc2C)nn1C. The minimum absolute atomic E-state index is 0.830. The maximum absolute atomic E-state index is 4.56. The number of nitrogens with one attached hydrogen (secondary N) is 1. The van der Waals surface area contributed by atoms with Crippen LogP contribution in [0, 0.1) is 6.92 Å². The van der Waals surface area contributed by atoms with E-state index in [0.29, 0.717) is 0 Å². The summed E-state index contributed by atoms with van der Waals surface area (Å²) in [6.45, 7) is 2.94. The van der Waals surface area contributed by atoms with Crippen LogP contribution in [0.3, 0.4) is 0 Å². The first kappa shape index (κ1) is 12.3. The molecule has 0 fully saturated rings. The first-order valence-electron chi connectivity index (χ1n) is 5.56. The van der Waals surface area contributed by atoms with Crippen molar-refractivity contribution < 1.29 is 0 Å². The Bertz CT molecular complexity index is 531. The molecule has 0 atom stereocenters. The highest BCUT2D eigenvalue weighted by atomic mass is 79.9. The molecule has 0 saturated carbocycles. The zero-order valence-electron chi connectivity index (χ0n) is 10.3. The average Bonchev–Trinajstić information content (AvgIpc) is 2.64. The van der Waals surface area contributed by atoms with Crippen molar-refractivity contribution in [3.05, 3.63) is 40.0 Å². The molecule has 0 unspecified atom stereocenters. The van der Waals surface area contributed by atoms with Crippen LogP contribution in [0.1, 0.15) is 11.3 Å². The molecule has 0 aliphatic heterocycles. The van der Waals surface area contributed by atoms with Crippen molar-refractivity contribution in [3.63, 3.8) is 0 Å². The number of hydrogen-bond acceptors (Lipinski definition) is 2. The molecule has 2 rings (SSSR count). The van der Waals surface area contributed by atoms with Crippen LogP contribution < -0.4 is 5.32 Å². The molecule has 2 aromatic rings. The van der Waals surface area contributed by atoms with Crippen LogP contribution in [0.15, 0.2) is 28.7 Å². The van der Waals surface area contributed by atoms with E-state index in [9.17, 15) is 0 Å². The van der Waals surface area contributed by atoms with E-state index < -0.39 is 0 Å². The molecule has 0 aliphatic rings. The van der Waals surface area contributed by atoms with Crippen LogP contribution in [-0.2, 0) is 13.6 Å². The maximum atomic E-state index is 4.56. The number of halogens is 1. The predicted molar refractivity (Wildman–Crippen MR) is 73.8 cm³/mol. The molecule has 0 amide bonds. The van der Waals surface area contributed by atoms with E-state index in [0.717, 1.165) is 16.7 Å². The average molecular weight is 294 g/mol. The molecule has 0 saturated heterocycles. The minimum atomic E-state index is 0.830. The van der Waals surface area contributed by atoms with Crippen molar-refractivity contribution in [2.75, 3.05) is 7.05 Å². The van der Waals surface area contributed by atoms with Gasteiger partial charge in [0.25, 0.3) is 0 Å². The van der Waals surface area contributed by atoms with E-state index in [1.807, 2.05) is 18.8 Å². The fourth-order valence-corrected chi connectivity index (χ4v) is 2.22. The molecule has 4 heteroatoms. The summed E-state index contributed by atoms with van der Waals surface area (Å²) < 4.78 is 3.01. The quantitative estimate of drug-likeness (QED) is 0.943. The summed E-state index contributed by atoms with van der Waals surface area (Å²) in [5, 5.41) is 7.70. The second-order valence-corrected chi connectivity index (χ2v) is 5.05. The summed E-state index contributed by atoms with van der Waals surface area (Å²) in [4.78, 5) is 0. The van der Waals surface area contributed by atoms with Gasteiger partial charge < -0.3 is 5.32 Å². The van der Waals surface area contributed by atoms with Gasteiger partial charge in [0, 0.05) is 23.6 Å². The number of benzene rings is 1. The lowest BCUT2D eigenvalue weighted by Gasteiger charge is -2.02. The van der Waals surface area contributed by atoms with Gasteiger partial charge in [0.2, 0.25) is 0 Å². The van der Waals surface area contributed by atoms with Gasteiger partial charge in [-0.3, -0.25) is 4.68 Å². The van der Waals surface area contributed by atoms with Gasteiger partial charge in [0.05, 0.1) is 11.4 Å². The Labute approximate surface area is 110 Å². The van der Waals surface area contributed by atoms with Crippen LogP contribution in [0.4, 0.5) is 0 Å². The third kappa shape index (κ3) is 2.58. The molecule has 0 spiro atoms. The summed E-state index contributed by atoms with van der Waals surface area (Å²) in [5.74, 6) is 0. The summed E-state index contributed by atoms with van der Waals surface area (Å²) in [7, 11) is 3.92. The molecule has 0 radical (unpaired) electrons. The van der Waals surface area contributed by atoms with Crippen LogP contribution in [-0.4, -0.2) is 16.8 Å².